The third-order valence-electron chi connectivity index (χ3n) is 4.59. The highest BCUT2D eigenvalue weighted by molar-refractivity contribution is 5.79. The van der Waals surface area contributed by atoms with Crippen LogP contribution in [0.2, 0.25) is 0 Å². The van der Waals surface area contributed by atoms with Crippen molar-refractivity contribution in [2.75, 3.05) is 40.9 Å². The van der Waals surface area contributed by atoms with E-state index in [0.29, 0.717) is 44.4 Å². The van der Waals surface area contributed by atoms with Gasteiger partial charge < -0.3 is 25.0 Å². The molecule has 0 saturated carbocycles. The van der Waals surface area contributed by atoms with Crippen LogP contribution in [-0.2, 0) is 19.5 Å². The number of nitrogens with zero attached hydrogens (tertiary/aromatic N) is 2. The third-order valence-corrected chi connectivity index (χ3v) is 4.59. The summed E-state index contributed by atoms with van der Waals surface area (Å²) in [4.78, 5) is 6.23. The lowest BCUT2D eigenvalue weighted by molar-refractivity contribution is 0.287. The zero-order valence-electron chi connectivity index (χ0n) is 19.3. The van der Waals surface area contributed by atoms with Gasteiger partial charge in [0.05, 0.1) is 13.2 Å². The molecule has 2 N–H and O–H groups in total. The summed E-state index contributed by atoms with van der Waals surface area (Å²) in [6.45, 7) is 6.97. The Bertz CT molecular complexity index is 855. The number of halogens is 1. The molecule has 170 valence electrons. The van der Waals surface area contributed by atoms with E-state index in [1.54, 1.807) is 13.1 Å². The molecule has 0 atom stereocenters. The minimum Gasteiger partial charge on any atom is -0.490 e. The third kappa shape index (κ3) is 8.09. The molecule has 0 amide bonds. The second-order valence-corrected chi connectivity index (χ2v) is 7.41. The van der Waals surface area contributed by atoms with Gasteiger partial charge >= 0.3 is 0 Å². The molecule has 0 bridgehead atoms. The lowest BCUT2D eigenvalue weighted by atomic mass is 10.1. The molecule has 0 unspecified atom stereocenters. The van der Waals surface area contributed by atoms with Crippen LogP contribution in [0.4, 0.5) is 4.39 Å². The van der Waals surface area contributed by atoms with E-state index in [4.69, 9.17) is 9.47 Å². The first-order valence-electron chi connectivity index (χ1n) is 10.7. The molecule has 0 radical (unpaired) electrons. The Morgan fingerprint density at radius 2 is 1.68 bits per heavy atom. The molecule has 0 saturated heterocycles. The first-order valence-corrected chi connectivity index (χ1v) is 10.7. The van der Waals surface area contributed by atoms with Gasteiger partial charge in [-0.2, -0.15) is 0 Å². The van der Waals surface area contributed by atoms with Crippen LogP contribution < -0.4 is 20.1 Å². The number of guanidine groups is 1. The van der Waals surface area contributed by atoms with Crippen molar-refractivity contribution in [3.8, 4) is 11.5 Å². The molecular formula is C24H35FN4O2. The van der Waals surface area contributed by atoms with Crippen LogP contribution in [0, 0.1) is 5.82 Å². The summed E-state index contributed by atoms with van der Waals surface area (Å²) < 4.78 is 25.3. The average Bonchev–Trinajstić information content (AvgIpc) is 2.74. The lowest BCUT2D eigenvalue weighted by Crippen LogP contribution is -2.37. The summed E-state index contributed by atoms with van der Waals surface area (Å²) in [5.74, 6) is 2.07. The minimum absolute atomic E-state index is 0.179. The van der Waals surface area contributed by atoms with Crippen molar-refractivity contribution >= 4 is 5.96 Å². The Morgan fingerprint density at radius 1 is 0.968 bits per heavy atom. The van der Waals surface area contributed by atoms with Crippen molar-refractivity contribution in [3.63, 3.8) is 0 Å². The van der Waals surface area contributed by atoms with Crippen LogP contribution in [-0.4, -0.2) is 51.8 Å². The molecule has 0 aliphatic carbocycles. The summed E-state index contributed by atoms with van der Waals surface area (Å²) in [5.41, 5.74) is 2.85. The van der Waals surface area contributed by atoms with Crippen molar-refractivity contribution in [2.45, 2.75) is 33.4 Å². The predicted molar refractivity (Wildman–Crippen MR) is 124 cm³/mol. The minimum atomic E-state index is -0.179. The molecule has 0 fully saturated rings. The summed E-state index contributed by atoms with van der Waals surface area (Å²) in [7, 11) is 5.59. The number of benzene rings is 2. The maximum atomic E-state index is 14.0. The van der Waals surface area contributed by atoms with E-state index < -0.39 is 0 Å². The number of hydrogen-bond donors (Lipinski definition) is 2. The van der Waals surface area contributed by atoms with E-state index in [2.05, 4.69) is 21.7 Å². The number of hydrogen-bond acceptors (Lipinski definition) is 4. The Hall–Kier alpha value is -2.80. The largest absolute Gasteiger partial charge is 0.490 e. The lowest BCUT2D eigenvalue weighted by Gasteiger charge is -2.15. The van der Waals surface area contributed by atoms with Gasteiger partial charge in [-0.05, 0) is 69.8 Å². The molecule has 2 aromatic carbocycles. The molecular weight excluding hydrogens is 395 g/mol. The number of rotatable bonds is 11. The van der Waals surface area contributed by atoms with Gasteiger partial charge in [0.25, 0.3) is 0 Å². The average molecular weight is 431 g/mol. The highest BCUT2D eigenvalue weighted by Gasteiger charge is 2.08. The van der Waals surface area contributed by atoms with Crippen molar-refractivity contribution in [3.05, 3.63) is 58.9 Å². The van der Waals surface area contributed by atoms with Crippen molar-refractivity contribution < 1.29 is 13.9 Å². The molecule has 2 aromatic rings. The second-order valence-electron chi connectivity index (χ2n) is 7.41. The summed E-state index contributed by atoms with van der Waals surface area (Å²) in [6.07, 6.45) is 0.816. The van der Waals surface area contributed by atoms with Crippen LogP contribution in [0.3, 0.4) is 0 Å². The Morgan fingerprint density at radius 3 is 2.35 bits per heavy atom. The van der Waals surface area contributed by atoms with Gasteiger partial charge in [-0.15, -0.1) is 0 Å². The van der Waals surface area contributed by atoms with Gasteiger partial charge in [0.1, 0.15) is 5.82 Å². The van der Waals surface area contributed by atoms with Crippen LogP contribution in [0.1, 0.15) is 30.5 Å². The highest BCUT2D eigenvalue weighted by atomic mass is 19.1. The Labute approximate surface area is 185 Å². The standard InChI is InChI=1S/C24H35FN4O2/c1-6-30-22-11-9-18(15-23(22)31-7-2)12-13-27-24(26-3)28-16-19-8-10-21(25)20(14-19)17-29(4)5/h8-11,14-15H,6-7,12-13,16-17H2,1-5H3,(H2,26,27,28). The predicted octanol–water partition coefficient (Wildman–Crippen LogP) is 3.59. The van der Waals surface area contributed by atoms with Crippen LogP contribution in [0.5, 0.6) is 11.5 Å². The normalized spacial score (nSPS) is 11.5. The number of ether oxygens (including phenoxy) is 2. The van der Waals surface area contributed by atoms with E-state index >= 15 is 0 Å². The van der Waals surface area contributed by atoms with Gasteiger partial charge in [-0.3, -0.25) is 4.99 Å². The van der Waals surface area contributed by atoms with Gasteiger partial charge in [-0.25, -0.2) is 4.39 Å². The monoisotopic (exact) mass is 430 g/mol. The Kier molecular flexibility index (Phi) is 10.1. The molecule has 0 aliphatic heterocycles. The number of nitrogens with one attached hydrogen (secondary N) is 2. The molecule has 0 spiro atoms. The van der Waals surface area contributed by atoms with Gasteiger partial charge in [0.15, 0.2) is 17.5 Å². The van der Waals surface area contributed by atoms with Crippen LogP contribution in [0.25, 0.3) is 0 Å². The van der Waals surface area contributed by atoms with Crippen LogP contribution >= 0.6 is 0 Å². The summed E-state index contributed by atoms with van der Waals surface area (Å²) in [6, 6.07) is 11.2. The fourth-order valence-electron chi connectivity index (χ4n) is 3.18. The zero-order valence-corrected chi connectivity index (χ0v) is 19.3. The first-order chi connectivity index (χ1) is 15.0. The van der Waals surface area contributed by atoms with Crippen molar-refractivity contribution in [2.24, 2.45) is 4.99 Å². The van der Waals surface area contributed by atoms with E-state index in [1.165, 1.54) is 6.07 Å². The smallest absolute Gasteiger partial charge is 0.191 e. The maximum absolute atomic E-state index is 14.0. The molecule has 0 aromatic heterocycles. The summed E-state index contributed by atoms with van der Waals surface area (Å²) >= 11 is 0. The fourth-order valence-corrected chi connectivity index (χ4v) is 3.18. The van der Waals surface area contributed by atoms with Crippen LogP contribution in [0.15, 0.2) is 41.4 Å². The molecule has 7 heteroatoms. The number of aliphatic imine (C=N–C) groups is 1. The molecule has 0 aliphatic rings. The summed E-state index contributed by atoms with van der Waals surface area (Å²) in [5, 5.41) is 6.61. The van der Waals surface area contributed by atoms with Crippen molar-refractivity contribution in [1.82, 2.24) is 15.5 Å². The fraction of sp³-hybridized carbons (Fsp3) is 0.458. The van der Waals surface area contributed by atoms with Gasteiger partial charge in [0.2, 0.25) is 0 Å². The zero-order chi connectivity index (χ0) is 22.6. The second kappa shape index (κ2) is 12.8. The Balaban J connectivity index is 1.88. The van der Waals surface area contributed by atoms with E-state index in [9.17, 15) is 4.39 Å². The van der Waals surface area contributed by atoms with Gasteiger partial charge in [0, 0.05) is 32.2 Å². The topological polar surface area (TPSA) is 58.1 Å². The molecule has 2 rings (SSSR count). The SMILES string of the molecule is CCOc1ccc(CCNC(=NC)NCc2ccc(F)c(CN(C)C)c2)cc1OCC. The molecule has 6 nitrogen and oxygen atoms in total. The quantitative estimate of drug-likeness (QED) is 0.421. The first kappa shape index (κ1) is 24.5. The molecule has 31 heavy (non-hydrogen) atoms. The van der Waals surface area contributed by atoms with E-state index in [-0.39, 0.29) is 5.82 Å². The maximum Gasteiger partial charge on any atom is 0.191 e. The highest BCUT2D eigenvalue weighted by Crippen LogP contribution is 2.28. The van der Waals surface area contributed by atoms with E-state index in [0.717, 1.165) is 29.0 Å². The van der Waals surface area contributed by atoms with E-state index in [1.807, 2.05) is 51.0 Å². The van der Waals surface area contributed by atoms with Gasteiger partial charge in [-0.1, -0.05) is 12.1 Å². The molecule has 0 heterocycles. The van der Waals surface area contributed by atoms with Crippen molar-refractivity contribution in [1.29, 1.82) is 0 Å².